The van der Waals surface area contributed by atoms with E-state index in [2.05, 4.69) is 96.1 Å². The Morgan fingerprint density at radius 3 is 1.79 bits per heavy atom. The summed E-state index contributed by atoms with van der Waals surface area (Å²) in [7, 11) is 0. The summed E-state index contributed by atoms with van der Waals surface area (Å²) < 4.78 is 6.55. The first-order chi connectivity index (χ1) is 19.0. The SMILES string of the molecule is CCc1cc(-c2ccc(-c3ccc(C4CCC(C)CC4)cc3)cc2)c(CC)c(CC)c1OCCC(CC)CC. The third-order valence-electron chi connectivity index (χ3n) is 9.52. The Hall–Kier alpha value is -2.54. The van der Waals surface area contributed by atoms with Crippen molar-refractivity contribution in [3.63, 3.8) is 0 Å². The highest BCUT2D eigenvalue weighted by atomic mass is 16.5. The minimum absolute atomic E-state index is 0.747. The van der Waals surface area contributed by atoms with Crippen molar-refractivity contribution < 1.29 is 4.74 Å². The largest absolute Gasteiger partial charge is 0.493 e. The van der Waals surface area contributed by atoms with Crippen LogP contribution >= 0.6 is 0 Å². The van der Waals surface area contributed by atoms with E-state index in [9.17, 15) is 0 Å². The molecule has 4 rings (SSSR count). The summed E-state index contributed by atoms with van der Waals surface area (Å²) in [5.74, 6) is 3.57. The number of hydrogen-bond donors (Lipinski definition) is 0. The van der Waals surface area contributed by atoms with Crippen molar-refractivity contribution in [1.82, 2.24) is 0 Å². The zero-order chi connectivity index (χ0) is 27.8. The third kappa shape index (κ3) is 6.97. The second-order valence-corrected chi connectivity index (χ2v) is 11.9. The molecular weight excluding hydrogens is 472 g/mol. The van der Waals surface area contributed by atoms with E-state index in [4.69, 9.17) is 4.74 Å². The third-order valence-corrected chi connectivity index (χ3v) is 9.52. The van der Waals surface area contributed by atoms with Crippen LogP contribution in [0.2, 0.25) is 0 Å². The van der Waals surface area contributed by atoms with Crippen LogP contribution in [0.1, 0.15) is 115 Å². The second kappa shape index (κ2) is 14.2. The second-order valence-electron chi connectivity index (χ2n) is 11.9. The van der Waals surface area contributed by atoms with Crippen molar-refractivity contribution in [1.29, 1.82) is 0 Å². The predicted molar refractivity (Wildman–Crippen MR) is 170 cm³/mol. The number of aryl methyl sites for hydroxylation is 1. The molecule has 0 heterocycles. The first-order valence-corrected chi connectivity index (χ1v) is 16.0. The molecule has 0 amide bonds. The lowest BCUT2D eigenvalue weighted by Crippen LogP contribution is -2.10. The summed E-state index contributed by atoms with van der Waals surface area (Å²) in [6.07, 6.45) is 12.1. The molecule has 210 valence electrons. The molecule has 3 aromatic rings. The quantitative estimate of drug-likeness (QED) is 0.229. The number of benzene rings is 3. The van der Waals surface area contributed by atoms with Crippen LogP contribution in [-0.2, 0) is 19.3 Å². The van der Waals surface area contributed by atoms with Gasteiger partial charge >= 0.3 is 0 Å². The molecule has 1 nitrogen and oxygen atoms in total. The molecule has 0 unspecified atom stereocenters. The summed E-state index contributed by atoms with van der Waals surface area (Å²) in [6, 6.07) is 21.1. The lowest BCUT2D eigenvalue weighted by molar-refractivity contribution is 0.267. The molecule has 39 heavy (non-hydrogen) atoms. The fraction of sp³-hybridized carbons (Fsp3) is 0.526. The molecule has 0 aromatic heterocycles. The monoisotopic (exact) mass is 524 g/mol. The van der Waals surface area contributed by atoms with Crippen LogP contribution < -0.4 is 4.74 Å². The minimum Gasteiger partial charge on any atom is -0.493 e. The van der Waals surface area contributed by atoms with E-state index < -0.39 is 0 Å². The lowest BCUT2D eigenvalue weighted by atomic mass is 9.79. The molecule has 1 aliphatic carbocycles. The van der Waals surface area contributed by atoms with Crippen molar-refractivity contribution in [3.05, 3.63) is 76.9 Å². The van der Waals surface area contributed by atoms with Crippen LogP contribution in [0.3, 0.4) is 0 Å². The van der Waals surface area contributed by atoms with E-state index in [1.165, 1.54) is 83.0 Å². The standard InChI is InChI=1S/C38H52O/c1-7-28(8-2)24-25-39-38-29(9-3)26-37(35(10-4)36(38)11-5)34-22-20-33(21-23-34)32-18-16-31(17-19-32)30-14-12-27(6)13-15-30/h16-23,26-28,30H,7-15,24-25H2,1-6H3. The molecule has 0 spiro atoms. The van der Waals surface area contributed by atoms with E-state index in [0.29, 0.717) is 0 Å². The Bertz CT molecular complexity index is 1160. The first-order valence-electron chi connectivity index (χ1n) is 16.0. The van der Waals surface area contributed by atoms with Gasteiger partial charge in [0.2, 0.25) is 0 Å². The van der Waals surface area contributed by atoms with Crippen LogP contribution in [0.5, 0.6) is 5.75 Å². The smallest absolute Gasteiger partial charge is 0.125 e. The first kappa shape index (κ1) is 29.4. The van der Waals surface area contributed by atoms with Gasteiger partial charge in [0.25, 0.3) is 0 Å². The van der Waals surface area contributed by atoms with Crippen molar-refractivity contribution in [3.8, 4) is 28.0 Å². The lowest BCUT2D eigenvalue weighted by Gasteiger charge is -2.26. The highest BCUT2D eigenvalue weighted by Crippen LogP contribution is 2.39. The molecule has 1 heteroatoms. The van der Waals surface area contributed by atoms with E-state index in [1.807, 2.05) is 0 Å². The Kier molecular flexibility index (Phi) is 10.7. The van der Waals surface area contributed by atoms with Gasteiger partial charge in [-0.2, -0.15) is 0 Å². The predicted octanol–water partition coefficient (Wildman–Crippen LogP) is 11.2. The average Bonchev–Trinajstić information content (AvgIpc) is 2.99. The van der Waals surface area contributed by atoms with Gasteiger partial charge in [0.15, 0.2) is 0 Å². The summed E-state index contributed by atoms with van der Waals surface area (Å²) in [6.45, 7) is 14.7. The maximum Gasteiger partial charge on any atom is 0.125 e. The highest BCUT2D eigenvalue weighted by Gasteiger charge is 2.20. The Morgan fingerprint density at radius 2 is 1.26 bits per heavy atom. The number of rotatable bonds is 12. The van der Waals surface area contributed by atoms with Gasteiger partial charge in [-0.1, -0.05) is 116 Å². The zero-order valence-electron chi connectivity index (χ0n) is 25.6. The summed E-state index contributed by atoms with van der Waals surface area (Å²) in [4.78, 5) is 0. The van der Waals surface area contributed by atoms with Gasteiger partial charge in [0.05, 0.1) is 6.61 Å². The molecule has 0 radical (unpaired) electrons. The van der Waals surface area contributed by atoms with Gasteiger partial charge in [0.1, 0.15) is 5.75 Å². The van der Waals surface area contributed by atoms with Crippen molar-refractivity contribution in [2.75, 3.05) is 6.61 Å². The van der Waals surface area contributed by atoms with Gasteiger partial charge in [-0.15, -0.1) is 0 Å². The number of hydrogen-bond acceptors (Lipinski definition) is 1. The van der Waals surface area contributed by atoms with Gasteiger partial charge in [-0.3, -0.25) is 0 Å². The Balaban J connectivity index is 1.56. The van der Waals surface area contributed by atoms with Crippen LogP contribution in [0.15, 0.2) is 54.6 Å². The molecule has 0 N–H and O–H groups in total. The molecule has 0 bridgehead atoms. The molecule has 0 saturated heterocycles. The number of ether oxygens (including phenoxy) is 1. The molecule has 3 aromatic carbocycles. The topological polar surface area (TPSA) is 9.23 Å². The molecule has 1 saturated carbocycles. The van der Waals surface area contributed by atoms with Crippen LogP contribution in [0.25, 0.3) is 22.3 Å². The summed E-state index contributed by atoms with van der Waals surface area (Å²) in [5, 5.41) is 0. The van der Waals surface area contributed by atoms with Gasteiger partial charge in [-0.05, 0) is 107 Å². The van der Waals surface area contributed by atoms with E-state index >= 15 is 0 Å². The minimum atomic E-state index is 0.747. The van der Waals surface area contributed by atoms with Crippen LogP contribution in [0.4, 0.5) is 0 Å². The average molecular weight is 525 g/mol. The summed E-state index contributed by atoms with van der Waals surface area (Å²) >= 11 is 0. The molecule has 1 aliphatic rings. The van der Waals surface area contributed by atoms with Crippen LogP contribution in [0, 0.1) is 11.8 Å². The summed E-state index contributed by atoms with van der Waals surface area (Å²) in [5.41, 5.74) is 11.0. The van der Waals surface area contributed by atoms with Gasteiger partial charge in [0, 0.05) is 0 Å². The zero-order valence-corrected chi connectivity index (χ0v) is 25.6. The van der Waals surface area contributed by atoms with E-state index in [1.54, 1.807) is 0 Å². The Labute approximate surface area is 239 Å². The normalized spacial score (nSPS) is 17.5. The fourth-order valence-electron chi connectivity index (χ4n) is 6.71. The Morgan fingerprint density at radius 1 is 0.692 bits per heavy atom. The van der Waals surface area contributed by atoms with Crippen LogP contribution in [-0.4, -0.2) is 6.61 Å². The van der Waals surface area contributed by atoms with Crippen molar-refractivity contribution in [2.45, 2.75) is 112 Å². The fourth-order valence-corrected chi connectivity index (χ4v) is 6.71. The molecule has 0 atom stereocenters. The van der Waals surface area contributed by atoms with E-state index in [0.717, 1.165) is 55.8 Å². The maximum absolute atomic E-state index is 6.55. The van der Waals surface area contributed by atoms with Gasteiger partial charge < -0.3 is 4.74 Å². The molecular formula is C38H52O. The van der Waals surface area contributed by atoms with Gasteiger partial charge in [-0.25, -0.2) is 0 Å². The van der Waals surface area contributed by atoms with Crippen molar-refractivity contribution in [2.24, 2.45) is 11.8 Å². The highest BCUT2D eigenvalue weighted by molar-refractivity contribution is 5.75. The van der Waals surface area contributed by atoms with Crippen molar-refractivity contribution >= 4 is 0 Å². The molecule has 1 fully saturated rings. The maximum atomic E-state index is 6.55. The van der Waals surface area contributed by atoms with E-state index in [-0.39, 0.29) is 0 Å². The molecule has 0 aliphatic heterocycles.